The van der Waals surface area contributed by atoms with Crippen LogP contribution in [0.4, 0.5) is 0 Å². The molecule has 2 atom stereocenters. The lowest BCUT2D eigenvalue weighted by Crippen LogP contribution is -2.37. The fourth-order valence-corrected chi connectivity index (χ4v) is 14.5. The van der Waals surface area contributed by atoms with Crippen LogP contribution >= 0.6 is 24.6 Å². The summed E-state index contributed by atoms with van der Waals surface area (Å²) in [6, 6.07) is 46.8. The van der Waals surface area contributed by atoms with Gasteiger partial charge in [-0.2, -0.15) is 0 Å². The van der Waals surface area contributed by atoms with E-state index in [0.29, 0.717) is 73.0 Å². The molecule has 0 fully saturated rings. The van der Waals surface area contributed by atoms with Gasteiger partial charge < -0.3 is 27.8 Å². The number of hydrogen-bond donors (Lipinski definition) is 0. The van der Waals surface area contributed by atoms with Crippen molar-refractivity contribution in [3.63, 3.8) is 0 Å². The van der Waals surface area contributed by atoms with Crippen molar-refractivity contribution in [1.29, 1.82) is 0 Å². The Kier molecular flexibility index (Phi) is 17.0. The smallest absolute Gasteiger partial charge is 0.440 e. The van der Waals surface area contributed by atoms with E-state index in [1.54, 1.807) is 9.21 Å². The first-order chi connectivity index (χ1) is 32.4. The molecule has 12 heteroatoms. The lowest BCUT2D eigenvalue weighted by Gasteiger charge is -2.44. The van der Waals surface area contributed by atoms with Crippen molar-refractivity contribution in [1.82, 2.24) is 9.21 Å². The quantitative estimate of drug-likeness (QED) is 0.0439. The maximum absolute atomic E-state index is 7.47. The average Bonchev–Trinajstić information content (AvgIpc) is 3.33. The number of rotatable bonds is 24. The highest BCUT2D eigenvalue weighted by molar-refractivity contribution is 7.78. The van der Waals surface area contributed by atoms with Crippen LogP contribution in [0.2, 0.25) is 0 Å². The Morgan fingerprint density at radius 3 is 1.09 bits per heavy atom. The van der Waals surface area contributed by atoms with Crippen LogP contribution < -0.4 is 27.8 Å². The molecule has 6 aromatic rings. The molecule has 1 aliphatic heterocycles. The number of benzene rings is 6. The van der Waals surface area contributed by atoms with E-state index in [4.69, 9.17) is 32.3 Å². The van der Waals surface area contributed by atoms with Gasteiger partial charge in [0.1, 0.15) is 23.0 Å². The summed E-state index contributed by atoms with van der Waals surface area (Å²) in [6.45, 7) is 24.3. The number of para-hydroxylation sites is 6. The number of allylic oxidation sites excluding steroid dienone is 6. The maximum atomic E-state index is 7.47. The molecule has 336 valence electrons. The second-order valence-corrected chi connectivity index (χ2v) is 20.3. The molecule has 0 saturated carbocycles. The molecule has 1 heterocycles. The molecule has 0 aliphatic carbocycles. The van der Waals surface area contributed by atoms with E-state index in [1.165, 1.54) is 0 Å². The van der Waals surface area contributed by atoms with Crippen molar-refractivity contribution in [2.45, 2.75) is 38.5 Å². The Morgan fingerprint density at radius 1 is 0.394 bits per heavy atom. The molecule has 7 rings (SSSR count). The number of hydrogen-bond acceptors (Lipinski definition) is 9. The van der Waals surface area contributed by atoms with Crippen LogP contribution in [0, 0.1) is 0 Å². The van der Waals surface area contributed by atoms with E-state index in [0.717, 1.165) is 33.4 Å². The fraction of sp³-hybridized carbons (Fsp3) is 0.111. The van der Waals surface area contributed by atoms with Gasteiger partial charge in [-0.3, -0.25) is 0 Å². The van der Waals surface area contributed by atoms with Gasteiger partial charge in [-0.1, -0.05) is 146 Å². The monoisotopic (exact) mass is 933 g/mol. The Morgan fingerprint density at radius 2 is 0.697 bits per heavy atom. The van der Waals surface area contributed by atoms with Gasteiger partial charge in [-0.25, -0.2) is 0 Å². The molecule has 1 aliphatic rings. The highest BCUT2D eigenvalue weighted by Gasteiger charge is 2.58. The second-order valence-electron chi connectivity index (χ2n) is 14.7. The third-order valence-electron chi connectivity index (χ3n) is 10.0. The molecule has 0 radical (unpaired) electrons. The Hall–Kier alpha value is -6.43. The predicted octanol–water partition coefficient (Wildman–Crippen LogP) is 15.7. The Balaban J connectivity index is 1.60. The molecular formula is C54H54N3O6P3. The van der Waals surface area contributed by atoms with Gasteiger partial charge in [0.2, 0.25) is 0 Å². The molecule has 0 aromatic heterocycles. The molecule has 0 N–H and O–H groups in total. The SMILES string of the molecule is C=CCc1ccccc1ON1P(Oc2ccccc2CC=C)N=P(Oc2ccccc2CC=C)(Oc2ccccc2CC=C)N(Oc2ccccc2CC=C)P1Oc1ccccc1CC=C. The van der Waals surface area contributed by atoms with Crippen LogP contribution in [0.15, 0.2) is 226 Å². The minimum atomic E-state index is -4.09. The van der Waals surface area contributed by atoms with Crippen LogP contribution in [-0.4, -0.2) is 9.21 Å². The van der Waals surface area contributed by atoms with Gasteiger partial charge >= 0.3 is 24.6 Å². The summed E-state index contributed by atoms with van der Waals surface area (Å²) in [5.41, 5.74) is 5.24. The van der Waals surface area contributed by atoms with Crippen LogP contribution in [-0.2, 0) is 38.5 Å². The summed E-state index contributed by atoms with van der Waals surface area (Å²) in [4.78, 5) is 14.5. The topological polar surface area (TPSA) is 74.2 Å². The van der Waals surface area contributed by atoms with E-state index in [-0.39, 0.29) is 0 Å². The van der Waals surface area contributed by atoms with Crippen LogP contribution in [0.5, 0.6) is 34.5 Å². The average molecular weight is 934 g/mol. The molecule has 0 bridgehead atoms. The van der Waals surface area contributed by atoms with Gasteiger partial charge in [-0.05, 0) is 97.2 Å². The van der Waals surface area contributed by atoms with E-state index < -0.39 is 24.6 Å². The third kappa shape index (κ3) is 11.5. The Bertz CT molecular complexity index is 2660. The van der Waals surface area contributed by atoms with Crippen molar-refractivity contribution in [2.75, 3.05) is 0 Å². The Labute approximate surface area is 392 Å². The van der Waals surface area contributed by atoms with Gasteiger partial charge in [-0.15, -0.1) is 44.0 Å². The largest absolute Gasteiger partial charge is 0.447 e. The van der Waals surface area contributed by atoms with Gasteiger partial charge in [0.05, 0.1) is 0 Å². The second kappa shape index (κ2) is 23.7. The molecule has 9 nitrogen and oxygen atoms in total. The van der Waals surface area contributed by atoms with Crippen molar-refractivity contribution in [2.24, 2.45) is 4.52 Å². The summed E-state index contributed by atoms with van der Waals surface area (Å²) >= 11 is 0. The summed E-state index contributed by atoms with van der Waals surface area (Å²) in [5, 5.41) is 0. The predicted molar refractivity (Wildman–Crippen MR) is 273 cm³/mol. The minimum Gasteiger partial charge on any atom is -0.440 e. The number of nitrogens with zero attached hydrogens (tertiary/aromatic N) is 3. The molecule has 0 amide bonds. The highest BCUT2D eigenvalue weighted by atomic mass is 31.3. The first-order valence-electron chi connectivity index (χ1n) is 21.5. The van der Waals surface area contributed by atoms with Crippen LogP contribution in [0.1, 0.15) is 33.4 Å². The summed E-state index contributed by atoms with van der Waals surface area (Å²) < 4.78 is 38.6. The molecule has 0 spiro atoms. The van der Waals surface area contributed by atoms with E-state index in [1.807, 2.05) is 182 Å². The fourth-order valence-electron chi connectivity index (χ4n) is 6.91. The first-order valence-corrected chi connectivity index (χ1v) is 25.4. The maximum Gasteiger partial charge on any atom is 0.447 e. The molecule has 0 saturated heterocycles. The lowest BCUT2D eigenvalue weighted by molar-refractivity contribution is 0.0533. The van der Waals surface area contributed by atoms with E-state index in [9.17, 15) is 0 Å². The van der Waals surface area contributed by atoms with Gasteiger partial charge in [0, 0.05) is 20.3 Å². The summed E-state index contributed by atoms with van der Waals surface area (Å²) in [5.74, 6) is 3.22. The zero-order valence-electron chi connectivity index (χ0n) is 36.9. The molecule has 66 heavy (non-hydrogen) atoms. The summed E-state index contributed by atoms with van der Waals surface area (Å²) in [7, 11) is -8.75. The third-order valence-corrected chi connectivity index (χ3v) is 16.8. The first kappa shape index (κ1) is 47.5. The van der Waals surface area contributed by atoms with Crippen LogP contribution in [0.25, 0.3) is 0 Å². The lowest BCUT2D eigenvalue weighted by atomic mass is 10.1. The zero-order chi connectivity index (χ0) is 46.1. The van der Waals surface area contributed by atoms with Crippen molar-refractivity contribution in [3.05, 3.63) is 255 Å². The molecular weight excluding hydrogens is 880 g/mol. The normalized spacial score (nSPS) is 15.5. The van der Waals surface area contributed by atoms with Gasteiger partial charge in [0.15, 0.2) is 11.5 Å². The molecule has 2 unspecified atom stereocenters. The van der Waals surface area contributed by atoms with Crippen molar-refractivity contribution in [3.8, 4) is 34.5 Å². The standard InChI is InChI=1S/C54H54N3O6P3/c1-7-25-43-31-13-19-37-49(43)58-56-64(60-51-39-21-15-33-45(51)27-9-3)55-66(62-53-41-23-17-35-47(53)29-11-5,63-54-42-24-18-36-48(54)30-12-6)57(59-50-38-20-14-32-44(50)26-8-2)65(56)61-52-40-22-16-34-46(52)28-10-4/h7-24,31-42H,1-6,25-30H2. The van der Waals surface area contributed by atoms with Gasteiger partial charge in [0.25, 0.3) is 0 Å². The van der Waals surface area contributed by atoms with E-state index >= 15 is 0 Å². The van der Waals surface area contributed by atoms with Crippen LogP contribution in [0.3, 0.4) is 0 Å². The van der Waals surface area contributed by atoms with Crippen molar-refractivity contribution >= 4 is 24.6 Å². The van der Waals surface area contributed by atoms with Crippen molar-refractivity contribution < 1.29 is 27.8 Å². The molecule has 6 aromatic carbocycles. The van der Waals surface area contributed by atoms with E-state index in [2.05, 4.69) is 39.5 Å². The summed E-state index contributed by atoms with van der Waals surface area (Å²) in [6.07, 6.45) is 14.1. The minimum absolute atomic E-state index is 0.502. The zero-order valence-corrected chi connectivity index (χ0v) is 39.6. The highest BCUT2D eigenvalue weighted by Crippen LogP contribution is 2.78.